The third-order valence-electron chi connectivity index (χ3n) is 5.60. The number of amides is 2. The number of hydrogen-bond donors (Lipinski definition) is 1. The molecule has 7 heteroatoms. The van der Waals surface area contributed by atoms with E-state index in [-0.39, 0.29) is 17.9 Å². The summed E-state index contributed by atoms with van der Waals surface area (Å²) in [5, 5.41) is 0. The van der Waals surface area contributed by atoms with Crippen LogP contribution in [0.1, 0.15) is 32.6 Å². The van der Waals surface area contributed by atoms with Crippen molar-refractivity contribution in [3.63, 3.8) is 0 Å². The van der Waals surface area contributed by atoms with E-state index in [1.165, 1.54) is 0 Å². The van der Waals surface area contributed by atoms with Crippen LogP contribution in [0.4, 0.5) is 0 Å². The Labute approximate surface area is 151 Å². The van der Waals surface area contributed by atoms with Gasteiger partial charge in [0.1, 0.15) is 0 Å². The Morgan fingerprint density at radius 2 is 1.64 bits per heavy atom. The molecular weight excluding hydrogens is 320 g/mol. The molecule has 0 aromatic carbocycles. The van der Waals surface area contributed by atoms with Gasteiger partial charge in [0.05, 0.1) is 12.5 Å². The summed E-state index contributed by atoms with van der Waals surface area (Å²) in [5.41, 5.74) is 5.59. The van der Waals surface area contributed by atoms with Gasteiger partial charge in [-0.15, -0.1) is 0 Å². The number of rotatable bonds is 7. The molecule has 1 unspecified atom stereocenters. The number of hydrogen-bond acceptors (Lipinski definition) is 5. The molecule has 0 radical (unpaired) electrons. The summed E-state index contributed by atoms with van der Waals surface area (Å²) < 4.78 is 5.19. The third kappa shape index (κ3) is 5.94. The summed E-state index contributed by atoms with van der Waals surface area (Å²) in [7, 11) is 1.59. The number of piperazine rings is 1. The number of nitrogens with zero attached hydrogens (tertiary/aromatic N) is 3. The molecule has 2 rings (SSSR count). The Balaban J connectivity index is 1.69. The highest BCUT2D eigenvalue weighted by molar-refractivity contribution is 5.77. The predicted molar refractivity (Wildman–Crippen MR) is 97.1 cm³/mol. The number of carbonyl (C=O) groups excluding carboxylic acids is 2. The van der Waals surface area contributed by atoms with Crippen molar-refractivity contribution < 1.29 is 14.3 Å². The minimum atomic E-state index is -0.200. The van der Waals surface area contributed by atoms with Crippen molar-refractivity contribution in [1.82, 2.24) is 14.7 Å². The van der Waals surface area contributed by atoms with E-state index in [1.54, 1.807) is 7.11 Å². The van der Waals surface area contributed by atoms with E-state index in [2.05, 4.69) is 11.8 Å². The van der Waals surface area contributed by atoms with Crippen LogP contribution in [0, 0.1) is 5.92 Å². The Bertz CT molecular complexity index is 426. The van der Waals surface area contributed by atoms with Crippen molar-refractivity contribution >= 4 is 11.8 Å². The second-order valence-corrected chi connectivity index (χ2v) is 7.14. The zero-order valence-electron chi connectivity index (χ0n) is 15.8. The molecule has 0 bridgehead atoms. The van der Waals surface area contributed by atoms with Gasteiger partial charge < -0.3 is 25.2 Å². The van der Waals surface area contributed by atoms with Gasteiger partial charge in [0, 0.05) is 59.3 Å². The van der Waals surface area contributed by atoms with Crippen molar-refractivity contribution in [3.8, 4) is 0 Å². The Morgan fingerprint density at radius 1 is 1.04 bits per heavy atom. The van der Waals surface area contributed by atoms with Crippen LogP contribution in [0.2, 0.25) is 0 Å². The first-order valence-corrected chi connectivity index (χ1v) is 9.58. The summed E-state index contributed by atoms with van der Waals surface area (Å²) >= 11 is 0. The minimum Gasteiger partial charge on any atom is -0.380 e. The predicted octanol–water partition coefficient (Wildman–Crippen LogP) is 0.143. The number of piperidine rings is 1. The molecule has 2 saturated heterocycles. The lowest BCUT2D eigenvalue weighted by Crippen LogP contribution is -2.49. The normalized spacial score (nSPS) is 21.4. The van der Waals surface area contributed by atoms with E-state index < -0.39 is 0 Å². The van der Waals surface area contributed by atoms with E-state index in [0.29, 0.717) is 25.3 Å². The monoisotopic (exact) mass is 354 g/mol. The Kier molecular flexibility index (Phi) is 8.12. The van der Waals surface area contributed by atoms with Crippen LogP contribution in [-0.4, -0.2) is 92.1 Å². The van der Waals surface area contributed by atoms with Crippen LogP contribution >= 0.6 is 0 Å². The second-order valence-electron chi connectivity index (χ2n) is 7.14. The molecule has 0 aromatic rings. The topological polar surface area (TPSA) is 79.1 Å². The lowest BCUT2D eigenvalue weighted by molar-refractivity contribution is -0.136. The number of carbonyl (C=O) groups is 2. The van der Waals surface area contributed by atoms with Crippen molar-refractivity contribution in [2.75, 3.05) is 59.5 Å². The summed E-state index contributed by atoms with van der Waals surface area (Å²) in [6, 6.07) is 0. The summed E-state index contributed by atoms with van der Waals surface area (Å²) in [6.07, 6.45) is 2.59. The van der Waals surface area contributed by atoms with E-state index >= 15 is 0 Å². The fourth-order valence-electron chi connectivity index (χ4n) is 3.66. The Morgan fingerprint density at radius 3 is 2.16 bits per heavy atom. The molecule has 0 saturated carbocycles. The van der Waals surface area contributed by atoms with Crippen LogP contribution in [0.5, 0.6) is 0 Å². The minimum absolute atomic E-state index is 0.109. The molecule has 1 atom stereocenters. The molecule has 2 N–H and O–H groups in total. The summed E-state index contributed by atoms with van der Waals surface area (Å²) in [6.45, 7) is 8.72. The number of likely N-dealkylation sites (tertiary alicyclic amines) is 1. The fourth-order valence-corrected chi connectivity index (χ4v) is 3.66. The molecule has 2 fully saturated rings. The SMILES string of the molecule is CCN1CCN(C(=O)CC2CCN(C(=O)CC(CN)OC)CC2)CC1. The first-order chi connectivity index (χ1) is 12.1. The highest BCUT2D eigenvalue weighted by Gasteiger charge is 2.28. The van der Waals surface area contributed by atoms with Crippen LogP contribution in [0.15, 0.2) is 0 Å². The van der Waals surface area contributed by atoms with Crippen molar-refractivity contribution in [3.05, 3.63) is 0 Å². The first-order valence-electron chi connectivity index (χ1n) is 9.58. The highest BCUT2D eigenvalue weighted by atomic mass is 16.5. The molecule has 0 spiro atoms. The van der Waals surface area contributed by atoms with E-state index in [1.807, 2.05) is 9.80 Å². The van der Waals surface area contributed by atoms with E-state index in [0.717, 1.165) is 58.7 Å². The van der Waals surface area contributed by atoms with E-state index in [9.17, 15) is 9.59 Å². The van der Waals surface area contributed by atoms with E-state index in [4.69, 9.17) is 10.5 Å². The zero-order valence-corrected chi connectivity index (χ0v) is 15.8. The molecule has 0 aliphatic carbocycles. The lowest BCUT2D eigenvalue weighted by Gasteiger charge is -2.36. The molecule has 0 aromatic heterocycles. The molecular formula is C18H34N4O3. The molecule has 2 amide bonds. The zero-order chi connectivity index (χ0) is 18.2. The maximum atomic E-state index is 12.5. The first kappa shape index (κ1) is 20.1. The van der Waals surface area contributed by atoms with Gasteiger partial charge in [0.2, 0.25) is 11.8 Å². The lowest BCUT2D eigenvalue weighted by atomic mass is 9.92. The van der Waals surface area contributed by atoms with Crippen molar-refractivity contribution in [2.24, 2.45) is 11.7 Å². The van der Waals surface area contributed by atoms with Gasteiger partial charge in [-0.3, -0.25) is 9.59 Å². The second kappa shape index (κ2) is 10.1. The van der Waals surface area contributed by atoms with Gasteiger partial charge in [-0.05, 0) is 25.3 Å². The third-order valence-corrected chi connectivity index (χ3v) is 5.60. The van der Waals surface area contributed by atoms with Crippen LogP contribution in [0.25, 0.3) is 0 Å². The van der Waals surface area contributed by atoms with Crippen LogP contribution in [0.3, 0.4) is 0 Å². The quantitative estimate of drug-likeness (QED) is 0.704. The van der Waals surface area contributed by atoms with Gasteiger partial charge in [-0.2, -0.15) is 0 Å². The highest BCUT2D eigenvalue weighted by Crippen LogP contribution is 2.22. The van der Waals surface area contributed by atoms with Crippen LogP contribution < -0.4 is 5.73 Å². The number of methoxy groups -OCH3 is 1. The molecule has 25 heavy (non-hydrogen) atoms. The smallest absolute Gasteiger partial charge is 0.225 e. The maximum Gasteiger partial charge on any atom is 0.225 e. The Hall–Kier alpha value is -1.18. The molecule has 2 heterocycles. The van der Waals surface area contributed by atoms with Gasteiger partial charge in [0.25, 0.3) is 0 Å². The van der Waals surface area contributed by atoms with Crippen LogP contribution in [-0.2, 0) is 14.3 Å². The molecule has 2 aliphatic rings. The molecule has 2 aliphatic heterocycles. The fraction of sp³-hybridized carbons (Fsp3) is 0.889. The van der Waals surface area contributed by atoms with Gasteiger partial charge in [0.15, 0.2) is 0 Å². The molecule has 7 nitrogen and oxygen atoms in total. The largest absolute Gasteiger partial charge is 0.380 e. The molecule has 144 valence electrons. The van der Waals surface area contributed by atoms with Crippen molar-refractivity contribution in [2.45, 2.75) is 38.7 Å². The van der Waals surface area contributed by atoms with Gasteiger partial charge >= 0.3 is 0 Å². The van der Waals surface area contributed by atoms with Gasteiger partial charge in [-0.1, -0.05) is 6.92 Å². The van der Waals surface area contributed by atoms with Gasteiger partial charge in [-0.25, -0.2) is 0 Å². The average molecular weight is 354 g/mol. The van der Waals surface area contributed by atoms with Crippen molar-refractivity contribution in [1.29, 1.82) is 0 Å². The number of likely N-dealkylation sites (N-methyl/N-ethyl adjacent to an activating group) is 1. The summed E-state index contributed by atoms with van der Waals surface area (Å²) in [4.78, 5) is 31.0. The standard InChI is InChI=1S/C18H34N4O3/c1-3-20-8-10-22(11-9-20)17(23)12-15-4-6-21(7-5-15)18(24)13-16(14-19)25-2/h15-16H,3-14,19H2,1-2H3. The number of ether oxygens (including phenoxy) is 1. The maximum absolute atomic E-state index is 12.5. The summed E-state index contributed by atoms with van der Waals surface area (Å²) in [5.74, 6) is 0.786. The number of nitrogens with two attached hydrogens (primary N) is 1. The average Bonchev–Trinajstić information content (AvgIpc) is 2.66.